The van der Waals surface area contributed by atoms with Crippen molar-refractivity contribution in [2.45, 2.75) is 111 Å². The number of unbranched alkanes of at least 4 members (excludes halogenated alkanes) is 8. The number of piperidine rings is 1. The quantitative estimate of drug-likeness (QED) is 0.169. The fourth-order valence-corrected chi connectivity index (χ4v) is 4.62. The molecule has 0 N–H and O–H groups in total. The zero-order chi connectivity index (χ0) is 22.7. The minimum atomic E-state index is -0.00902. The number of hydrogen-bond acceptors (Lipinski definition) is 4. The topological polar surface area (TPSA) is 32.8 Å². The average molecular weight is 439 g/mol. The summed E-state index contributed by atoms with van der Waals surface area (Å²) in [7, 11) is 2.24. The number of ether oxygens (including phenoxy) is 1. The number of carbonyl (C=O) groups is 1. The van der Waals surface area contributed by atoms with Crippen molar-refractivity contribution in [3.63, 3.8) is 0 Å². The van der Waals surface area contributed by atoms with Crippen molar-refractivity contribution in [1.82, 2.24) is 9.80 Å². The van der Waals surface area contributed by atoms with Crippen molar-refractivity contribution in [2.24, 2.45) is 11.8 Å². The van der Waals surface area contributed by atoms with Crippen LogP contribution in [-0.4, -0.2) is 62.1 Å². The Morgan fingerprint density at radius 1 is 0.935 bits per heavy atom. The monoisotopic (exact) mass is 438 g/mol. The van der Waals surface area contributed by atoms with E-state index in [2.05, 4.69) is 37.6 Å². The molecule has 0 radical (unpaired) electrons. The number of carbonyl (C=O) groups excluding carboxylic acids is 1. The lowest BCUT2D eigenvalue weighted by Gasteiger charge is -2.31. The van der Waals surface area contributed by atoms with E-state index in [4.69, 9.17) is 4.74 Å². The van der Waals surface area contributed by atoms with Crippen LogP contribution in [0.15, 0.2) is 0 Å². The molecule has 1 aliphatic heterocycles. The average Bonchev–Trinajstić information content (AvgIpc) is 2.76. The molecule has 1 unspecified atom stereocenters. The lowest BCUT2D eigenvalue weighted by molar-refractivity contribution is -0.145. The van der Waals surface area contributed by atoms with Crippen molar-refractivity contribution in [2.75, 3.05) is 46.4 Å². The van der Waals surface area contributed by atoms with Gasteiger partial charge in [-0.2, -0.15) is 0 Å². The first-order valence-electron chi connectivity index (χ1n) is 13.6. The van der Waals surface area contributed by atoms with Crippen LogP contribution in [0.25, 0.3) is 0 Å². The van der Waals surface area contributed by atoms with Crippen LogP contribution in [0, 0.1) is 11.8 Å². The molecule has 1 aliphatic rings. The standard InChI is InChI=1S/C27H54N2O2/c1-5-7-9-10-11-12-14-19-29(22-18-26-16-20-28(4)21-17-26)23-25(3)24-31-27(30)15-13-8-6-2/h25-26H,5-24H2,1-4H3. The molecule has 4 heteroatoms. The van der Waals surface area contributed by atoms with Crippen molar-refractivity contribution in [3.8, 4) is 0 Å². The highest BCUT2D eigenvalue weighted by atomic mass is 16.5. The van der Waals surface area contributed by atoms with Gasteiger partial charge in [0.2, 0.25) is 0 Å². The van der Waals surface area contributed by atoms with Gasteiger partial charge >= 0.3 is 5.97 Å². The van der Waals surface area contributed by atoms with Crippen molar-refractivity contribution in [1.29, 1.82) is 0 Å². The maximum atomic E-state index is 11.9. The zero-order valence-electron chi connectivity index (χ0n) is 21.5. The molecule has 0 spiro atoms. The van der Waals surface area contributed by atoms with Gasteiger partial charge in [-0.1, -0.05) is 72.1 Å². The normalized spacial score (nSPS) is 16.7. The summed E-state index contributed by atoms with van der Waals surface area (Å²) >= 11 is 0. The summed E-state index contributed by atoms with van der Waals surface area (Å²) in [5.41, 5.74) is 0. The largest absolute Gasteiger partial charge is 0.465 e. The summed E-state index contributed by atoms with van der Waals surface area (Å²) < 4.78 is 5.57. The van der Waals surface area contributed by atoms with Crippen LogP contribution >= 0.6 is 0 Å². The van der Waals surface area contributed by atoms with Gasteiger partial charge in [-0.3, -0.25) is 4.79 Å². The summed E-state index contributed by atoms with van der Waals surface area (Å²) in [6, 6.07) is 0. The molecule has 0 aromatic heterocycles. The van der Waals surface area contributed by atoms with Crippen LogP contribution in [0.5, 0.6) is 0 Å². The number of hydrogen-bond donors (Lipinski definition) is 0. The highest BCUT2D eigenvalue weighted by Gasteiger charge is 2.19. The van der Waals surface area contributed by atoms with Gasteiger partial charge in [-0.05, 0) is 71.2 Å². The molecular formula is C27H54N2O2. The summed E-state index contributed by atoms with van der Waals surface area (Å²) in [6.07, 6.45) is 17.4. The van der Waals surface area contributed by atoms with Crippen LogP contribution in [0.2, 0.25) is 0 Å². The van der Waals surface area contributed by atoms with Crippen LogP contribution < -0.4 is 0 Å². The Balaban J connectivity index is 2.33. The first kappa shape index (κ1) is 28.4. The third-order valence-electron chi connectivity index (χ3n) is 6.85. The second kappa shape index (κ2) is 18.9. The number of likely N-dealkylation sites (tertiary alicyclic amines) is 1. The van der Waals surface area contributed by atoms with E-state index in [1.807, 2.05) is 0 Å². The molecule has 0 aliphatic carbocycles. The van der Waals surface area contributed by atoms with Crippen molar-refractivity contribution < 1.29 is 9.53 Å². The molecule has 0 amide bonds. The number of nitrogens with zero attached hydrogens (tertiary/aromatic N) is 2. The Hall–Kier alpha value is -0.610. The molecule has 0 aromatic rings. The molecule has 31 heavy (non-hydrogen) atoms. The van der Waals surface area contributed by atoms with Crippen molar-refractivity contribution >= 4 is 5.97 Å². The van der Waals surface area contributed by atoms with E-state index in [0.717, 1.165) is 31.7 Å². The predicted octanol–water partition coefficient (Wildman–Crippen LogP) is 6.53. The molecule has 4 nitrogen and oxygen atoms in total. The highest BCUT2D eigenvalue weighted by molar-refractivity contribution is 5.69. The summed E-state index contributed by atoms with van der Waals surface area (Å²) in [5, 5.41) is 0. The highest BCUT2D eigenvalue weighted by Crippen LogP contribution is 2.20. The van der Waals surface area contributed by atoms with Crippen LogP contribution in [-0.2, 0) is 9.53 Å². The van der Waals surface area contributed by atoms with Gasteiger partial charge in [0.1, 0.15) is 0 Å². The molecule has 1 fully saturated rings. The van der Waals surface area contributed by atoms with Crippen molar-refractivity contribution in [3.05, 3.63) is 0 Å². The van der Waals surface area contributed by atoms with E-state index in [1.165, 1.54) is 90.4 Å². The second-order valence-electron chi connectivity index (χ2n) is 10.2. The third-order valence-corrected chi connectivity index (χ3v) is 6.85. The molecule has 0 aromatic carbocycles. The minimum Gasteiger partial charge on any atom is -0.465 e. The van der Waals surface area contributed by atoms with Gasteiger partial charge in [-0.15, -0.1) is 0 Å². The molecule has 1 heterocycles. The second-order valence-corrected chi connectivity index (χ2v) is 10.2. The van der Waals surface area contributed by atoms with Gasteiger partial charge < -0.3 is 14.5 Å². The Kier molecular flexibility index (Phi) is 17.3. The Morgan fingerprint density at radius 3 is 2.23 bits per heavy atom. The summed E-state index contributed by atoms with van der Waals surface area (Å²) in [4.78, 5) is 17.1. The van der Waals surface area contributed by atoms with Gasteiger partial charge in [0, 0.05) is 18.9 Å². The van der Waals surface area contributed by atoms with Crippen LogP contribution in [0.4, 0.5) is 0 Å². The predicted molar refractivity (Wildman–Crippen MR) is 134 cm³/mol. The molecular weight excluding hydrogens is 384 g/mol. The molecule has 184 valence electrons. The molecule has 0 bridgehead atoms. The first-order valence-corrected chi connectivity index (χ1v) is 13.6. The number of esters is 1. The van der Waals surface area contributed by atoms with Crippen LogP contribution in [0.3, 0.4) is 0 Å². The van der Waals surface area contributed by atoms with E-state index in [9.17, 15) is 4.79 Å². The maximum Gasteiger partial charge on any atom is 0.305 e. The first-order chi connectivity index (χ1) is 15.0. The maximum absolute atomic E-state index is 11.9. The lowest BCUT2D eigenvalue weighted by Crippen LogP contribution is -2.35. The van der Waals surface area contributed by atoms with Gasteiger partial charge in [-0.25, -0.2) is 0 Å². The summed E-state index contributed by atoms with van der Waals surface area (Å²) in [6.45, 7) is 13.3. The Bertz CT molecular complexity index is 421. The van der Waals surface area contributed by atoms with Gasteiger partial charge in [0.05, 0.1) is 6.61 Å². The zero-order valence-corrected chi connectivity index (χ0v) is 21.5. The molecule has 1 saturated heterocycles. The van der Waals surface area contributed by atoms with E-state index in [1.54, 1.807) is 0 Å². The molecule has 0 saturated carbocycles. The minimum absolute atomic E-state index is 0.00902. The van der Waals surface area contributed by atoms with E-state index in [-0.39, 0.29) is 5.97 Å². The smallest absolute Gasteiger partial charge is 0.305 e. The van der Waals surface area contributed by atoms with Gasteiger partial charge in [0.25, 0.3) is 0 Å². The molecule has 1 rings (SSSR count). The SMILES string of the molecule is CCCCCCCCCN(CCC1CCN(C)CC1)CC(C)COC(=O)CCCCC. The molecule has 1 atom stereocenters. The van der Waals surface area contributed by atoms with Gasteiger partial charge in [0.15, 0.2) is 0 Å². The number of rotatable bonds is 19. The Labute approximate surface area is 194 Å². The lowest BCUT2D eigenvalue weighted by atomic mass is 9.93. The van der Waals surface area contributed by atoms with Crippen LogP contribution in [0.1, 0.15) is 111 Å². The third kappa shape index (κ3) is 15.8. The van der Waals surface area contributed by atoms with E-state index < -0.39 is 0 Å². The Morgan fingerprint density at radius 2 is 1.55 bits per heavy atom. The fourth-order valence-electron chi connectivity index (χ4n) is 4.62. The summed E-state index contributed by atoms with van der Waals surface area (Å²) in [5.74, 6) is 1.29. The van der Waals surface area contributed by atoms with E-state index >= 15 is 0 Å². The fraction of sp³-hybridized carbons (Fsp3) is 0.963. The van der Waals surface area contributed by atoms with E-state index in [0.29, 0.717) is 18.9 Å².